The number of nitrogens with one attached hydrogen (secondary N) is 1. The first kappa shape index (κ1) is 12.7. The maximum atomic E-state index is 13.1. The minimum atomic E-state index is -0.243. The van der Waals surface area contributed by atoms with Crippen molar-refractivity contribution in [2.45, 2.75) is 6.54 Å². The Morgan fingerprint density at radius 3 is 2.83 bits per heavy atom. The first-order valence-electron chi connectivity index (χ1n) is 5.43. The molecule has 2 rings (SSSR count). The van der Waals surface area contributed by atoms with E-state index in [-0.39, 0.29) is 5.82 Å². The molecule has 0 unspecified atom stereocenters. The number of halogens is 2. The molecule has 90 valence electrons. The van der Waals surface area contributed by atoms with E-state index in [2.05, 4.69) is 27.2 Å². The first-order valence-corrected chi connectivity index (χ1v) is 6.23. The third-order valence-corrected chi connectivity index (χ3v) is 3.29. The summed E-state index contributed by atoms with van der Waals surface area (Å²) in [5.41, 5.74) is 2.60. The summed E-state index contributed by atoms with van der Waals surface area (Å²) in [5.74, 6) is 2.33. The summed E-state index contributed by atoms with van der Waals surface area (Å²) in [6.45, 7) is 0.534. The van der Waals surface area contributed by atoms with E-state index in [0.29, 0.717) is 6.54 Å². The molecular weight excluding hydrogens is 293 g/mol. The monoisotopic (exact) mass is 303 g/mol. The molecule has 0 bridgehead atoms. The van der Waals surface area contributed by atoms with Crippen LogP contribution in [0, 0.1) is 18.2 Å². The first-order chi connectivity index (χ1) is 8.69. The number of anilines is 1. The summed E-state index contributed by atoms with van der Waals surface area (Å²) in [7, 11) is 0. The molecule has 18 heavy (non-hydrogen) atoms. The SMILES string of the molecule is C#Cc1cccc(NCc2cc(F)ccc2Br)c1. The van der Waals surface area contributed by atoms with Crippen molar-refractivity contribution in [2.24, 2.45) is 0 Å². The summed E-state index contributed by atoms with van der Waals surface area (Å²) in [6.07, 6.45) is 5.34. The molecule has 0 amide bonds. The number of hydrogen-bond acceptors (Lipinski definition) is 1. The zero-order chi connectivity index (χ0) is 13.0. The van der Waals surface area contributed by atoms with Crippen LogP contribution >= 0.6 is 15.9 Å². The van der Waals surface area contributed by atoms with Gasteiger partial charge in [-0.05, 0) is 42.0 Å². The van der Waals surface area contributed by atoms with Crippen molar-refractivity contribution in [2.75, 3.05) is 5.32 Å². The van der Waals surface area contributed by atoms with Crippen molar-refractivity contribution in [1.29, 1.82) is 0 Å². The highest BCUT2D eigenvalue weighted by Gasteiger charge is 2.02. The molecule has 0 heterocycles. The molecule has 0 spiro atoms. The molecule has 0 aliphatic carbocycles. The molecule has 0 aliphatic heterocycles. The second-order valence-corrected chi connectivity index (χ2v) is 4.67. The zero-order valence-electron chi connectivity index (χ0n) is 9.58. The highest BCUT2D eigenvalue weighted by atomic mass is 79.9. The third kappa shape index (κ3) is 3.12. The lowest BCUT2D eigenvalue weighted by atomic mass is 10.2. The van der Waals surface area contributed by atoms with Crippen molar-refractivity contribution in [3.05, 3.63) is 63.9 Å². The van der Waals surface area contributed by atoms with Crippen LogP contribution in [0.5, 0.6) is 0 Å². The molecule has 2 aromatic rings. The van der Waals surface area contributed by atoms with Crippen LogP contribution in [0.15, 0.2) is 46.9 Å². The fourth-order valence-electron chi connectivity index (χ4n) is 1.60. The summed E-state index contributed by atoms with van der Waals surface area (Å²) >= 11 is 3.39. The van der Waals surface area contributed by atoms with Crippen LogP contribution in [0.4, 0.5) is 10.1 Å². The lowest BCUT2D eigenvalue weighted by molar-refractivity contribution is 0.625. The van der Waals surface area contributed by atoms with Gasteiger partial charge in [0.15, 0.2) is 0 Å². The van der Waals surface area contributed by atoms with Gasteiger partial charge in [0.1, 0.15) is 5.82 Å². The van der Waals surface area contributed by atoms with Crippen LogP contribution < -0.4 is 5.32 Å². The number of hydrogen-bond donors (Lipinski definition) is 1. The summed E-state index contributed by atoms with van der Waals surface area (Å²) in [6, 6.07) is 12.2. The van der Waals surface area contributed by atoms with E-state index in [0.717, 1.165) is 21.3 Å². The molecule has 1 N–H and O–H groups in total. The second kappa shape index (κ2) is 5.70. The highest BCUT2D eigenvalue weighted by Crippen LogP contribution is 2.19. The van der Waals surface area contributed by atoms with E-state index in [9.17, 15) is 4.39 Å². The van der Waals surface area contributed by atoms with E-state index < -0.39 is 0 Å². The van der Waals surface area contributed by atoms with Gasteiger partial charge >= 0.3 is 0 Å². The summed E-state index contributed by atoms with van der Waals surface area (Å²) in [4.78, 5) is 0. The molecular formula is C15H11BrFN. The highest BCUT2D eigenvalue weighted by molar-refractivity contribution is 9.10. The maximum Gasteiger partial charge on any atom is 0.123 e. The predicted molar refractivity (Wildman–Crippen MR) is 75.8 cm³/mol. The molecule has 0 radical (unpaired) electrons. The van der Waals surface area contributed by atoms with E-state index >= 15 is 0 Å². The molecule has 0 aliphatic rings. The normalized spacial score (nSPS) is 9.83. The van der Waals surface area contributed by atoms with E-state index in [1.807, 2.05) is 24.3 Å². The van der Waals surface area contributed by atoms with Gasteiger partial charge in [-0.3, -0.25) is 0 Å². The third-order valence-electron chi connectivity index (χ3n) is 2.52. The molecule has 0 atom stereocenters. The summed E-state index contributed by atoms with van der Waals surface area (Å²) in [5, 5.41) is 3.21. The van der Waals surface area contributed by atoms with E-state index in [4.69, 9.17) is 6.42 Å². The Kier molecular flexibility index (Phi) is 4.01. The van der Waals surface area contributed by atoms with Gasteiger partial charge in [-0.1, -0.05) is 27.9 Å². The van der Waals surface area contributed by atoms with Crippen molar-refractivity contribution in [3.8, 4) is 12.3 Å². The standard InChI is InChI=1S/C15H11BrFN/c1-2-11-4-3-5-14(8-11)18-10-12-9-13(17)6-7-15(12)16/h1,3-9,18H,10H2. The minimum absolute atomic E-state index is 0.243. The summed E-state index contributed by atoms with van der Waals surface area (Å²) < 4.78 is 14.0. The second-order valence-electron chi connectivity index (χ2n) is 3.81. The lowest BCUT2D eigenvalue weighted by Gasteiger charge is -2.08. The van der Waals surface area contributed by atoms with Crippen LogP contribution in [0.1, 0.15) is 11.1 Å². The van der Waals surface area contributed by atoms with E-state index in [1.165, 1.54) is 12.1 Å². The minimum Gasteiger partial charge on any atom is -0.381 e. The van der Waals surface area contributed by atoms with Crippen molar-refractivity contribution >= 4 is 21.6 Å². The Morgan fingerprint density at radius 2 is 2.06 bits per heavy atom. The maximum absolute atomic E-state index is 13.1. The Hall–Kier alpha value is -1.79. The zero-order valence-corrected chi connectivity index (χ0v) is 11.2. The molecule has 0 saturated heterocycles. The van der Waals surface area contributed by atoms with Crippen LogP contribution in [0.3, 0.4) is 0 Å². The molecule has 0 saturated carbocycles. The topological polar surface area (TPSA) is 12.0 Å². The fourth-order valence-corrected chi connectivity index (χ4v) is 1.98. The number of benzene rings is 2. The van der Waals surface area contributed by atoms with Crippen molar-refractivity contribution in [1.82, 2.24) is 0 Å². The van der Waals surface area contributed by atoms with Crippen LogP contribution in [0.25, 0.3) is 0 Å². The average molecular weight is 304 g/mol. The van der Waals surface area contributed by atoms with Gasteiger partial charge in [0.2, 0.25) is 0 Å². The van der Waals surface area contributed by atoms with Crippen LogP contribution in [-0.2, 0) is 6.54 Å². The van der Waals surface area contributed by atoms with Gasteiger partial charge in [0, 0.05) is 22.3 Å². The smallest absolute Gasteiger partial charge is 0.123 e. The quantitative estimate of drug-likeness (QED) is 0.839. The molecule has 1 nitrogen and oxygen atoms in total. The predicted octanol–water partition coefficient (Wildman–Crippen LogP) is 4.18. The van der Waals surface area contributed by atoms with Crippen LogP contribution in [0.2, 0.25) is 0 Å². The number of terminal acetylenes is 1. The van der Waals surface area contributed by atoms with Gasteiger partial charge < -0.3 is 5.32 Å². The van der Waals surface area contributed by atoms with Gasteiger partial charge in [0.05, 0.1) is 0 Å². The van der Waals surface area contributed by atoms with E-state index in [1.54, 1.807) is 6.07 Å². The van der Waals surface area contributed by atoms with Crippen LogP contribution in [-0.4, -0.2) is 0 Å². The Bertz CT molecular complexity index is 602. The molecule has 2 aromatic carbocycles. The van der Waals surface area contributed by atoms with Gasteiger partial charge in [-0.25, -0.2) is 4.39 Å². The fraction of sp³-hybridized carbons (Fsp3) is 0.0667. The molecule has 0 aromatic heterocycles. The van der Waals surface area contributed by atoms with Crippen molar-refractivity contribution < 1.29 is 4.39 Å². The van der Waals surface area contributed by atoms with Gasteiger partial charge in [0.25, 0.3) is 0 Å². The average Bonchev–Trinajstić information content (AvgIpc) is 2.40. The Balaban J connectivity index is 2.11. The Labute approximate surface area is 114 Å². The lowest BCUT2D eigenvalue weighted by Crippen LogP contribution is -2.00. The largest absolute Gasteiger partial charge is 0.381 e. The molecule has 0 fully saturated rings. The Morgan fingerprint density at radius 1 is 1.22 bits per heavy atom. The van der Waals surface area contributed by atoms with Gasteiger partial charge in [-0.15, -0.1) is 6.42 Å². The van der Waals surface area contributed by atoms with Crippen molar-refractivity contribution in [3.63, 3.8) is 0 Å². The van der Waals surface area contributed by atoms with Gasteiger partial charge in [-0.2, -0.15) is 0 Å². The number of rotatable bonds is 3. The molecule has 3 heteroatoms.